The Kier molecular flexibility index (Phi) is 4.92. The van der Waals surface area contributed by atoms with Crippen molar-refractivity contribution in [1.29, 1.82) is 0 Å². The third kappa shape index (κ3) is 3.68. The van der Waals surface area contributed by atoms with E-state index in [1.54, 1.807) is 0 Å². The van der Waals surface area contributed by atoms with Crippen LogP contribution in [0.3, 0.4) is 0 Å². The Morgan fingerprint density at radius 1 is 1.00 bits per heavy atom. The monoisotopic (exact) mass is 236 g/mol. The fourth-order valence-corrected chi connectivity index (χ4v) is 2.08. The van der Waals surface area contributed by atoms with Gasteiger partial charge in [0.2, 0.25) is 0 Å². The zero-order valence-corrected chi connectivity index (χ0v) is 11.2. The molecule has 0 saturated heterocycles. The Balaban J connectivity index is 2.28. The molecule has 0 amide bonds. The minimum Gasteiger partial charge on any atom is -0.0978 e. The molecule has 92 valence electrons. The lowest BCUT2D eigenvalue weighted by Gasteiger charge is -2.04. The topological polar surface area (TPSA) is 0 Å². The maximum atomic E-state index is 3.30. The van der Waals surface area contributed by atoms with Crippen LogP contribution in [0.1, 0.15) is 62.1 Å². The molecular weight excluding hydrogens is 216 g/mol. The number of rotatable bonds is 3. The van der Waals surface area contributed by atoms with Gasteiger partial charge in [-0.2, -0.15) is 0 Å². The lowest BCUT2D eigenvalue weighted by Crippen LogP contribution is -1.91. The highest BCUT2D eigenvalue weighted by atomic mass is 14.0. The molecule has 2 rings (SSSR count). The maximum absolute atomic E-state index is 3.30. The largest absolute Gasteiger partial charge is 0.0978 e. The van der Waals surface area contributed by atoms with Crippen molar-refractivity contribution in [1.82, 2.24) is 0 Å². The number of unbranched alkanes of at least 4 members (excludes halogenated alkanes) is 1. The standard InChI is InChI=1S/C18H20/c1-2-3-10-16-13-14-17-11-8-6-4-5-7-9-12-18(17)15-16/h13-15H,2-7,10H2,1H3. The van der Waals surface area contributed by atoms with Crippen LogP contribution in [0.4, 0.5) is 0 Å². The van der Waals surface area contributed by atoms with Gasteiger partial charge < -0.3 is 0 Å². The lowest BCUT2D eigenvalue weighted by molar-refractivity contribution is 0.782. The molecule has 0 radical (unpaired) electrons. The normalized spacial score (nSPS) is 13.6. The van der Waals surface area contributed by atoms with Gasteiger partial charge in [-0.15, -0.1) is 0 Å². The molecule has 0 saturated carbocycles. The Labute approximate surface area is 111 Å². The van der Waals surface area contributed by atoms with E-state index >= 15 is 0 Å². The number of hydrogen-bond donors (Lipinski definition) is 0. The van der Waals surface area contributed by atoms with Crippen LogP contribution in [0.5, 0.6) is 0 Å². The summed E-state index contributed by atoms with van der Waals surface area (Å²) in [4.78, 5) is 0. The Hall–Kier alpha value is -1.66. The number of aryl methyl sites for hydroxylation is 1. The summed E-state index contributed by atoms with van der Waals surface area (Å²) in [5.41, 5.74) is 3.62. The molecule has 1 aliphatic rings. The van der Waals surface area contributed by atoms with E-state index in [0.717, 1.165) is 30.4 Å². The third-order valence-electron chi connectivity index (χ3n) is 3.20. The van der Waals surface area contributed by atoms with Gasteiger partial charge in [0.05, 0.1) is 0 Å². The van der Waals surface area contributed by atoms with Crippen LogP contribution >= 0.6 is 0 Å². The van der Waals surface area contributed by atoms with Gasteiger partial charge >= 0.3 is 0 Å². The summed E-state index contributed by atoms with van der Waals surface area (Å²) >= 11 is 0. The molecule has 1 aromatic rings. The molecule has 0 aromatic heterocycles. The quantitative estimate of drug-likeness (QED) is 0.686. The number of hydrogen-bond acceptors (Lipinski definition) is 0. The fourth-order valence-electron chi connectivity index (χ4n) is 2.08. The molecule has 0 heteroatoms. The summed E-state index contributed by atoms with van der Waals surface area (Å²) < 4.78 is 0. The smallest absolute Gasteiger partial charge is 0.0404 e. The van der Waals surface area contributed by atoms with E-state index in [1.165, 1.54) is 31.2 Å². The minimum absolute atomic E-state index is 0.999. The van der Waals surface area contributed by atoms with Crippen LogP contribution in [-0.4, -0.2) is 0 Å². The molecule has 1 aromatic carbocycles. The van der Waals surface area contributed by atoms with Crippen LogP contribution in [0, 0.1) is 23.7 Å². The van der Waals surface area contributed by atoms with Crippen molar-refractivity contribution in [2.75, 3.05) is 0 Å². The minimum atomic E-state index is 0.999. The summed E-state index contributed by atoms with van der Waals surface area (Å²) in [6, 6.07) is 6.58. The highest BCUT2D eigenvalue weighted by Gasteiger charge is 2.00. The number of benzene rings is 1. The molecule has 0 spiro atoms. The first kappa shape index (κ1) is 12.8. The van der Waals surface area contributed by atoms with Crippen molar-refractivity contribution in [3.8, 4) is 23.7 Å². The molecule has 18 heavy (non-hydrogen) atoms. The summed E-state index contributed by atoms with van der Waals surface area (Å²) in [6.07, 6.45) is 7.98. The number of fused-ring (bicyclic) bond motifs is 1. The second kappa shape index (κ2) is 6.93. The fraction of sp³-hybridized carbons (Fsp3) is 0.444. The molecule has 0 unspecified atom stereocenters. The maximum Gasteiger partial charge on any atom is 0.0404 e. The van der Waals surface area contributed by atoms with Crippen LogP contribution < -0.4 is 0 Å². The molecule has 0 heterocycles. The van der Waals surface area contributed by atoms with E-state index in [4.69, 9.17) is 0 Å². The third-order valence-corrected chi connectivity index (χ3v) is 3.20. The Bertz CT molecular complexity index is 514. The molecule has 0 aliphatic heterocycles. The first-order valence-corrected chi connectivity index (χ1v) is 7.01. The van der Waals surface area contributed by atoms with Gasteiger partial charge in [0, 0.05) is 24.0 Å². The highest BCUT2D eigenvalue weighted by Crippen LogP contribution is 2.14. The van der Waals surface area contributed by atoms with Crippen LogP contribution in [0.25, 0.3) is 0 Å². The van der Waals surface area contributed by atoms with Crippen LogP contribution in [0.2, 0.25) is 0 Å². The van der Waals surface area contributed by atoms with E-state index in [-0.39, 0.29) is 0 Å². The van der Waals surface area contributed by atoms with Gasteiger partial charge in [-0.1, -0.05) is 43.1 Å². The predicted octanol–water partition coefficient (Wildman–Crippen LogP) is 4.31. The van der Waals surface area contributed by atoms with Crippen molar-refractivity contribution in [2.24, 2.45) is 0 Å². The average molecular weight is 236 g/mol. The van der Waals surface area contributed by atoms with E-state index in [1.807, 2.05) is 0 Å². The van der Waals surface area contributed by atoms with E-state index in [9.17, 15) is 0 Å². The second-order valence-corrected chi connectivity index (χ2v) is 4.79. The zero-order valence-electron chi connectivity index (χ0n) is 11.2. The van der Waals surface area contributed by atoms with Crippen molar-refractivity contribution >= 4 is 0 Å². The molecule has 1 aliphatic carbocycles. The van der Waals surface area contributed by atoms with Gasteiger partial charge in [0.15, 0.2) is 0 Å². The van der Waals surface area contributed by atoms with Crippen LogP contribution in [0.15, 0.2) is 18.2 Å². The summed E-state index contributed by atoms with van der Waals surface area (Å²) in [6.45, 7) is 2.23. The molecule has 0 fully saturated rings. The predicted molar refractivity (Wildman–Crippen MR) is 77.3 cm³/mol. The van der Waals surface area contributed by atoms with E-state index in [0.29, 0.717) is 0 Å². The van der Waals surface area contributed by atoms with Crippen molar-refractivity contribution in [3.63, 3.8) is 0 Å². The summed E-state index contributed by atoms with van der Waals surface area (Å²) in [5, 5.41) is 0. The zero-order chi connectivity index (χ0) is 12.6. The molecule has 0 nitrogen and oxygen atoms in total. The molecule has 0 N–H and O–H groups in total. The lowest BCUT2D eigenvalue weighted by atomic mass is 10.00. The first-order valence-electron chi connectivity index (χ1n) is 7.01. The second-order valence-electron chi connectivity index (χ2n) is 4.79. The summed E-state index contributed by atoms with van der Waals surface area (Å²) in [7, 11) is 0. The highest BCUT2D eigenvalue weighted by molar-refractivity contribution is 5.51. The molecule has 0 bridgehead atoms. The van der Waals surface area contributed by atoms with Crippen LogP contribution in [-0.2, 0) is 6.42 Å². The average Bonchev–Trinajstić information content (AvgIpc) is 2.41. The van der Waals surface area contributed by atoms with E-state index in [2.05, 4.69) is 48.8 Å². The first-order chi connectivity index (χ1) is 8.90. The van der Waals surface area contributed by atoms with Gasteiger partial charge in [0.25, 0.3) is 0 Å². The van der Waals surface area contributed by atoms with E-state index < -0.39 is 0 Å². The van der Waals surface area contributed by atoms with Crippen molar-refractivity contribution < 1.29 is 0 Å². The molecule has 0 atom stereocenters. The Morgan fingerprint density at radius 3 is 2.44 bits per heavy atom. The van der Waals surface area contributed by atoms with Gasteiger partial charge in [-0.3, -0.25) is 0 Å². The van der Waals surface area contributed by atoms with Crippen molar-refractivity contribution in [2.45, 2.75) is 51.9 Å². The summed E-state index contributed by atoms with van der Waals surface area (Å²) in [5.74, 6) is 13.1. The van der Waals surface area contributed by atoms with Gasteiger partial charge in [-0.05, 0) is 43.4 Å². The van der Waals surface area contributed by atoms with Gasteiger partial charge in [0.1, 0.15) is 0 Å². The van der Waals surface area contributed by atoms with Gasteiger partial charge in [-0.25, -0.2) is 0 Å². The molecular formula is C18H20. The SMILES string of the molecule is CCCCc1ccc2c(c1)C#CCCCCC#C2. The Morgan fingerprint density at radius 2 is 1.72 bits per heavy atom. The van der Waals surface area contributed by atoms with Crippen molar-refractivity contribution in [3.05, 3.63) is 34.9 Å².